The fraction of sp³-hybridized carbons (Fsp3) is 0.235. The van der Waals surface area contributed by atoms with Crippen LogP contribution in [0.2, 0.25) is 0 Å². The highest BCUT2D eigenvalue weighted by Gasteiger charge is 2.22. The molecule has 0 amide bonds. The maximum Gasteiger partial charge on any atom is 0.336 e. The molecule has 0 radical (unpaired) electrons. The molecule has 3 aromatic rings. The third kappa shape index (κ3) is 3.21. The normalized spacial score (nSPS) is 10.8. The maximum atomic E-state index is 12.6. The highest BCUT2D eigenvalue weighted by atomic mass is 16.5. The first-order valence-electron chi connectivity index (χ1n) is 7.43. The van der Waals surface area contributed by atoms with Gasteiger partial charge in [-0.2, -0.15) is 9.67 Å². The van der Waals surface area contributed by atoms with Crippen molar-refractivity contribution < 1.29 is 18.7 Å². The van der Waals surface area contributed by atoms with Gasteiger partial charge in [0.05, 0.1) is 12.9 Å². The number of hydrogen-bond donors (Lipinski definition) is 0. The van der Waals surface area contributed by atoms with E-state index < -0.39 is 5.91 Å². The molecule has 0 spiro atoms. The second-order valence-corrected chi connectivity index (χ2v) is 5.07. The van der Waals surface area contributed by atoms with E-state index in [1.54, 1.807) is 19.2 Å². The zero-order chi connectivity index (χ0) is 16.9. The highest BCUT2D eigenvalue weighted by molar-refractivity contribution is 5.95. The topological polar surface area (TPSA) is 79.4 Å². The lowest BCUT2D eigenvalue weighted by Gasteiger charge is -2.05. The minimum absolute atomic E-state index is 0.116. The van der Waals surface area contributed by atoms with E-state index in [0.717, 1.165) is 11.1 Å². The number of furan rings is 1. The Hall–Kier alpha value is -2.93. The van der Waals surface area contributed by atoms with Gasteiger partial charge >= 0.3 is 11.9 Å². The number of ether oxygens (including phenoxy) is 2. The molecule has 0 saturated heterocycles. The SMILES string of the molecule is COCCOc1nc(-c2ccccc2C)n(C(=O)c2ccco2)n1. The molecule has 0 unspecified atom stereocenters. The lowest BCUT2D eigenvalue weighted by atomic mass is 10.1. The van der Waals surface area contributed by atoms with Gasteiger partial charge in [0.25, 0.3) is 0 Å². The number of aryl methyl sites for hydroxylation is 1. The number of rotatable bonds is 6. The predicted octanol–water partition coefficient (Wildman–Crippen LogP) is 2.56. The van der Waals surface area contributed by atoms with Crippen molar-refractivity contribution in [2.45, 2.75) is 6.92 Å². The van der Waals surface area contributed by atoms with E-state index in [1.807, 2.05) is 31.2 Å². The Kier molecular flexibility index (Phi) is 4.72. The maximum absolute atomic E-state index is 12.6. The molecular formula is C17H17N3O4. The predicted molar refractivity (Wildman–Crippen MR) is 86.0 cm³/mol. The van der Waals surface area contributed by atoms with Crippen LogP contribution in [0.25, 0.3) is 11.4 Å². The van der Waals surface area contributed by atoms with Gasteiger partial charge in [0.2, 0.25) is 0 Å². The van der Waals surface area contributed by atoms with Crippen LogP contribution in [0, 0.1) is 6.92 Å². The number of nitrogens with zero attached hydrogens (tertiary/aromatic N) is 3. The third-order valence-corrected chi connectivity index (χ3v) is 3.42. The zero-order valence-electron chi connectivity index (χ0n) is 13.4. The number of benzene rings is 1. The van der Waals surface area contributed by atoms with Crippen LogP contribution in [-0.4, -0.2) is 41.0 Å². The number of methoxy groups -OCH3 is 1. The summed E-state index contributed by atoms with van der Waals surface area (Å²) >= 11 is 0. The average molecular weight is 327 g/mol. The minimum Gasteiger partial charge on any atom is -0.460 e. The molecule has 7 heteroatoms. The number of carbonyl (C=O) groups is 1. The lowest BCUT2D eigenvalue weighted by molar-refractivity contribution is 0.0915. The number of hydrogen-bond acceptors (Lipinski definition) is 6. The summed E-state index contributed by atoms with van der Waals surface area (Å²) in [5, 5.41) is 4.17. The molecule has 2 heterocycles. The van der Waals surface area contributed by atoms with Crippen LogP contribution in [0.5, 0.6) is 6.01 Å². The molecule has 2 aromatic heterocycles. The summed E-state index contributed by atoms with van der Waals surface area (Å²) in [6, 6.07) is 11.0. The zero-order valence-corrected chi connectivity index (χ0v) is 13.4. The first-order valence-corrected chi connectivity index (χ1v) is 7.43. The van der Waals surface area contributed by atoms with Gasteiger partial charge in [-0.1, -0.05) is 24.3 Å². The Bertz CT molecular complexity index is 824. The van der Waals surface area contributed by atoms with Crippen LogP contribution in [0.3, 0.4) is 0 Å². The standard InChI is InChI=1S/C17H17N3O4/c1-12-6-3-4-7-13(12)15-18-17(24-11-10-22-2)19-20(15)16(21)14-8-5-9-23-14/h3-9H,10-11H2,1-2H3. The van der Waals surface area contributed by atoms with Crippen LogP contribution in [0.1, 0.15) is 16.1 Å². The number of carbonyl (C=O) groups excluding carboxylic acids is 1. The van der Waals surface area contributed by atoms with Crippen molar-refractivity contribution in [3.8, 4) is 17.4 Å². The molecule has 0 aliphatic rings. The van der Waals surface area contributed by atoms with Gasteiger partial charge in [-0.3, -0.25) is 4.79 Å². The summed E-state index contributed by atoms with van der Waals surface area (Å²) in [5.74, 6) is 0.174. The van der Waals surface area contributed by atoms with Crippen LogP contribution in [0.4, 0.5) is 0 Å². The van der Waals surface area contributed by atoms with Gasteiger partial charge in [0.1, 0.15) is 6.61 Å². The van der Waals surface area contributed by atoms with E-state index in [1.165, 1.54) is 10.9 Å². The molecule has 0 atom stereocenters. The second-order valence-electron chi connectivity index (χ2n) is 5.07. The van der Waals surface area contributed by atoms with Crippen LogP contribution < -0.4 is 4.74 Å². The Morgan fingerprint density at radius 2 is 2.04 bits per heavy atom. The summed E-state index contributed by atoms with van der Waals surface area (Å²) in [7, 11) is 1.58. The molecule has 0 saturated carbocycles. The molecule has 0 fully saturated rings. The van der Waals surface area contributed by atoms with Crippen molar-refractivity contribution in [1.29, 1.82) is 0 Å². The van der Waals surface area contributed by atoms with Gasteiger partial charge in [-0.15, -0.1) is 5.10 Å². The summed E-state index contributed by atoms with van der Waals surface area (Å²) in [6.45, 7) is 2.64. The Morgan fingerprint density at radius 3 is 2.75 bits per heavy atom. The fourth-order valence-electron chi connectivity index (χ4n) is 2.21. The van der Waals surface area contributed by atoms with Crippen molar-refractivity contribution in [3.63, 3.8) is 0 Å². The van der Waals surface area contributed by atoms with E-state index in [0.29, 0.717) is 19.0 Å². The first-order chi connectivity index (χ1) is 11.7. The Labute approximate surface area is 138 Å². The average Bonchev–Trinajstić information content (AvgIpc) is 3.25. The van der Waals surface area contributed by atoms with Crippen molar-refractivity contribution in [2.24, 2.45) is 0 Å². The molecule has 0 aliphatic carbocycles. The molecule has 24 heavy (non-hydrogen) atoms. The van der Waals surface area contributed by atoms with Gasteiger partial charge in [0, 0.05) is 12.7 Å². The van der Waals surface area contributed by atoms with Crippen molar-refractivity contribution in [2.75, 3.05) is 20.3 Å². The molecule has 0 N–H and O–H groups in total. The molecule has 3 rings (SSSR count). The summed E-state index contributed by atoms with van der Waals surface area (Å²) in [6.07, 6.45) is 1.44. The molecule has 7 nitrogen and oxygen atoms in total. The van der Waals surface area contributed by atoms with Gasteiger partial charge in [-0.25, -0.2) is 0 Å². The van der Waals surface area contributed by atoms with Crippen molar-refractivity contribution in [1.82, 2.24) is 14.8 Å². The second kappa shape index (κ2) is 7.10. The Morgan fingerprint density at radius 1 is 1.21 bits per heavy atom. The monoisotopic (exact) mass is 327 g/mol. The number of aromatic nitrogens is 3. The quantitative estimate of drug-likeness (QED) is 0.647. The van der Waals surface area contributed by atoms with Crippen LogP contribution in [-0.2, 0) is 4.74 Å². The summed E-state index contributed by atoms with van der Waals surface area (Å²) in [5.41, 5.74) is 1.77. The smallest absolute Gasteiger partial charge is 0.336 e. The summed E-state index contributed by atoms with van der Waals surface area (Å²) < 4.78 is 16.8. The minimum atomic E-state index is -0.410. The largest absolute Gasteiger partial charge is 0.460 e. The van der Waals surface area contributed by atoms with Gasteiger partial charge < -0.3 is 13.9 Å². The molecule has 124 valence electrons. The first kappa shape index (κ1) is 15.9. The van der Waals surface area contributed by atoms with Crippen molar-refractivity contribution >= 4 is 5.91 Å². The Balaban J connectivity index is 2.02. The lowest BCUT2D eigenvalue weighted by Crippen LogP contribution is -2.15. The summed E-state index contributed by atoms with van der Waals surface area (Å²) in [4.78, 5) is 17.0. The van der Waals surface area contributed by atoms with Gasteiger partial charge in [-0.05, 0) is 24.6 Å². The fourth-order valence-corrected chi connectivity index (χ4v) is 2.21. The van der Waals surface area contributed by atoms with E-state index in [4.69, 9.17) is 13.9 Å². The van der Waals surface area contributed by atoms with Crippen molar-refractivity contribution in [3.05, 3.63) is 54.0 Å². The van der Waals surface area contributed by atoms with E-state index >= 15 is 0 Å². The van der Waals surface area contributed by atoms with Gasteiger partial charge in [0.15, 0.2) is 11.6 Å². The van der Waals surface area contributed by atoms with Crippen LogP contribution in [0.15, 0.2) is 47.1 Å². The van der Waals surface area contributed by atoms with E-state index in [2.05, 4.69) is 10.1 Å². The van der Waals surface area contributed by atoms with E-state index in [-0.39, 0.29) is 11.8 Å². The molecular weight excluding hydrogens is 310 g/mol. The van der Waals surface area contributed by atoms with Crippen LogP contribution >= 0.6 is 0 Å². The molecule has 0 bridgehead atoms. The molecule has 0 aliphatic heterocycles. The highest BCUT2D eigenvalue weighted by Crippen LogP contribution is 2.24. The third-order valence-electron chi connectivity index (χ3n) is 3.42. The molecule has 1 aromatic carbocycles. The van der Waals surface area contributed by atoms with E-state index in [9.17, 15) is 4.79 Å².